The van der Waals surface area contributed by atoms with Crippen LogP contribution in [0.4, 0.5) is 0 Å². The van der Waals surface area contributed by atoms with Crippen LogP contribution in [0.1, 0.15) is 27.2 Å². The van der Waals surface area contributed by atoms with Crippen LogP contribution in [0.5, 0.6) is 0 Å². The second-order valence-electron chi connectivity index (χ2n) is 18.8. The molecule has 19 N–H and O–H groups in total. The number of phosphoric acid groups is 1. The molecular weight excluding hydrogens is 1040 g/mol. The van der Waals surface area contributed by atoms with E-state index in [1.807, 2.05) is 0 Å². The molecule has 30 atom stereocenters. The quantitative estimate of drug-likeness (QED) is 0.0503. The summed E-state index contributed by atoms with van der Waals surface area (Å²) in [5, 5.41) is 183. The van der Waals surface area contributed by atoms with Gasteiger partial charge in [-0.15, -0.1) is 0 Å². The zero-order chi connectivity index (χ0) is 54.8. The van der Waals surface area contributed by atoms with E-state index in [-0.39, 0.29) is 6.42 Å². The molecule has 33 nitrogen and oxygen atoms in total. The van der Waals surface area contributed by atoms with Crippen LogP contribution >= 0.6 is 7.82 Å². The second-order valence-corrected chi connectivity index (χ2v) is 20.1. The number of hydrogen-bond donors (Lipinski definition) is 19. The molecule has 0 amide bonds. The smallest absolute Gasteiger partial charge is 0.394 e. The summed E-state index contributed by atoms with van der Waals surface area (Å²) in [5.41, 5.74) is 0. The van der Waals surface area contributed by atoms with E-state index >= 15 is 0 Å². The van der Waals surface area contributed by atoms with Crippen molar-refractivity contribution in [3.63, 3.8) is 0 Å². The van der Waals surface area contributed by atoms with Gasteiger partial charge in [0.15, 0.2) is 37.7 Å². The van der Waals surface area contributed by atoms with Crippen molar-refractivity contribution in [1.29, 1.82) is 0 Å². The van der Waals surface area contributed by atoms with E-state index in [2.05, 4.69) is 4.52 Å². The van der Waals surface area contributed by atoms with Crippen LogP contribution in [0.2, 0.25) is 0 Å². The fraction of sp³-hybridized carbons (Fsp3) is 1.00. The Labute approximate surface area is 420 Å². The van der Waals surface area contributed by atoms with E-state index in [1.54, 1.807) is 6.92 Å². The van der Waals surface area contributed by atoms with Crippen molar-refractivity contribution in [3.05, 3.63) is 0 Å². The molecule has 0 saturated carbocycles. The van der Waals surface area contributed by atoms with Crippen LogP contribution < -0.4 is 0 Å². The highest BCUT2D eigenvalue weighted by molar-refractivity contribution is 7.46. The molecule has 0 aromatic carbocycles. The molecule has 0 radical (unpaired) electrons. The van der Waals surface area contributed by atoms with Gasteiger partial charge in [-0.3, -0.25) is 4.52 Å². The number of phosphoric ester groups is 1. The highest BCUT2D eigenvalue weighted by Gasteiger charge is 2.56. The van der Waals surface area contributed by atoms with Gasteiger partial charge in [0.05, 0.1) is 45.2 Å². The molecule has 0 bridgehead atoms. The fourth-order valence-electron chi connectivity index (χ4n) is 8.97. The van der Waals surface area contributed by atoms with Crippen LogP contribution in [0.3, 0.4) is 0 Å². The summed E-state index contributed by atoms with van der Waals surface area (Å²) in [6.07, 6.45) is -56.5. The Morgan fingerprint density at radius 3 is 1.24 bits per heavy atom. The van der Waals surface area contributed by atoms with E-state index in [0.717, 1.165) is 0 Å². The number of rotatable bonds is 20. The van der Waals surface area contributed by atoms with Crippen molar-refractivity contribution in [3.8, 4) is 0 Å². The van der Waals surface area contributed by atoms with Gasteiger partial charge in [-0.05, 0) is 20.3 Å². The lowest BCUT2D eigenvalue weighted by Gasteiger charge is -2.49. The first kappa shape index (κ1) is 62.2. The Morgan fingerprint density at radius 1 is 0.392 bits per heavy atom. The Balaban J connectivity index is 1.17. The van der Waals surface area contributed by atoms with Gasteiger partial charge in [-0.2, -0.15) is 0 Å². The number of aliphatic hydroxyl groups excluding tert-OH is 17. The zero-order valence-corrected chi connectivity index (χ0v) is 40.7. The third kappa shape index (κ3) is 14.1. The molecule has 434 valence electrons. The van der Waals surface area contributed by atoms with E-state index in [4.69, 9.17) is 66.6 Å². The maximum absolute atomic E-state index is 11.7. The van der Waals surface area contributed by atoms with Gasteiger partial charge in [0.25, 0.3) is 0 Å². The average molecular weight is 1110 g/mol. The van der Waals surface area contributed by atoms with E-state index in [0.29, 0.717) is 0 Å². The van der Waals surface area contributed by atoms with E-state index in [9.17, 15) is 91.4 Å². The van der Waals surface area contributed by atoms with Crippen LogP contribution in [0.15, 0.2) is 0 Å². The van der Waals surface area contributed by atoms with Crippen molar-refractivity contribution in [2.24, 2.45) is 0 Å². The molecule has 0 aliphatic carbocycles. The lowest BCUT2D eigenvalue weighted by molar-refractivity contribution is -0.392. The lowest BCUT2D eigenvalue weighted by atomic mass is 9.96. The van der Waals surface area contributed by atoms with E-state index in [1.165, 1.54) is 13.8 Å². The minimum absolute atomic E-state index is 0.136. The van der Waals surface area contributed by atoms with Crippen LogP contribution in [-0.4, -0.2) is 320 Å². The molecule has 6 saturated heterocycles. The first-order valence-electron chi connectivity index (χ1n) is 23.6. The molecule has 0 aromatic rings. The third-order valence-electron chi connectivity index (χ3n) is 13.2. The van der Waals surface area contributed by atoms with Crippen molar-refractivity contribution in [2.75, 3.05) is 33.0 Å². The van der Waals surface area contributed by atoms with Crippen molar-refractivity contribution >= 4 is 7.82 Å². The van der Waals surface area contributed by atoms with Gasteiger partial charge in [-0.25, -0.2) is 4.57 Å². The molecule has 74 heavy (non-hydrogen) atoms. The van der Waals surface area contributed by atoms with Crippen molar-refractivity contribution in [2.45, 2.75) is 218 Å². The van der Waals surface area contributed by atoms with Crippen LogP contribution in [-0.2, 0) is 65.9 Å². The molecule has 12 unspecified atom stereocenters. The Morgan fingerprint density at radius 2 is 0.757 bits per heavy atom. The molecule has 6 aliphatic rings. The second kappa shape index (κ2) is 26.5. The molecule has 6 heterocycles. The van der Waals surface area contributed by atoms with Gasteiger partial charge in [0, 0.05) is 0 Å². The van der Waals surface area contributed by atoms with Gasteiger partial charge in [-0.1, -0.05) is 6.92 Å². The fourth-order valence-corrected chi connectivity index (χ4v) is 9.31. The topological polar surface area (TPSA) is 521 Å². The zero-order valence-electron chi connectivity index (χ0n) is 39.8. The summed E-state index contributed by atoms with van der Waals surface area (Å²) in [6.45, 7) is 0.123. The van der Waals surface area contributed by atoms with Gasteiger partial charge in [0.2, 0.25) is 0 Å². The molecule has 6 aliphatic heterocycles. The summed E-state index contributed by atoms with van der Waals surface area (Å²) in [6, 6.07) is 0. The predicted molar refractivity (Wildman–Crippen MR) is 227 cm³/mol. The summed E-state index contributed by atoms with van der Waals surface area (Å²) < 4.78 is 84.1. The summed E-state index contributed by atoms with van der Waals surface area (Å²) >= 11 is 0. The Kier molecular flexibility index (Phi) is 22.2. The predicted octanol–water partition coefficient (Wildman–Crippen LogP) is -11.1. The molecule has 0 spiro atoms. The highest BCUT2D eigenvalue weighted by atomic mass is 31.2. The SMILES string of the molecule is CCC1O[C@@H](OC2[C@@H](OCC3O[C@H](OCC4O[C@@H](OC(C)C)C(O)[C@@H](O[C@H]5OC(CO)[C@@H](O)[C@H](O)C5O[C@H]5OC(COP(=O)(O)O)[C@@H](O)[C@H](O)C5O)[C@@H]4O)C(O)[C@@H](O)[C@@H]3O)OC(CO)[C@@H](O)[C@@H]2O)C(O)[C@@H](O)[C@@H]1O. The van der Waals surface area contributed by atoms with Crippen LogP contribution in [0, 0.1) is 0 Å². The van der Waals surface area contributed by atoms with Crippen molar-refractivity contribution in [1.82, 2.24) is 0 Å². The summed E-state index contributed by atoms with van der Waals surface area (Å²) in [4.78, 5) is 18.3. The molecule has 6 rings (SSSR count). The number of ether oxygens (including phenoxy) is 12. The molecule has 34 heteroatoms. The first-order chi connectivity index (χ1) is 34.7. The van der Waals surface area contributed by atoms with Crippen molar-refractivity contribution < 1.29 is 163 Å². The lowest BCUT2D eigenvalue weighted by Crippen LogP contribution is -2.67. The Bertz CT molecular complexity index is 1760. The first-order valence-corrected chi connectivity index (χ1v) is 25.2. The van der Waals surface area contributed by atoms with Gasteiger partial charge >= 0.3 is 7.82 Å². The van der Waals surface area contributed by atoms with Gasteiger partial charge < -0.3 is 153 Å². The third-order valence-corrected chi connectivity index (χ3v) is 13.7. The molecular formula is C40H71O33P. The summed E-state index contributed by atoms with van der Waals surface area (Å²) in [7, 11) is -5.17. The minimum Gasteiger partial charge on any atom is -0.394 e. The maximum Gasteiger partial charge on any atom is 0.469 e. The maximum atomic E-state index is 11.7. The molecule has 0 aromatic heterocycles. The monoisotopic (exact) mass is 1110 g/mol. The standard InChI is InChI=1S/C40H71O33P/c1-4-11-17(43)23(49)29(55)36(65-11)72-33-26(52)18(44)12(5-41)66-39(33)62-7-14-20(46)24(50)28(54)35(68-14)61-8-15-22(48)32(31(57)38(69-15)64-10(2)3)71-40-34(27(53)19(45)13(6-42)67-40)73-37-30(56)25(51)21(47)16(70-37)9-63-74(58,59)60/h10-57H,4-9H2,1-3H3,(H2,58,59,60)/t11?,12?,13?,14?,15?,16?,17-,18-,19-,20-,21-,22-,23+,24+,25+,26+,27+,28?,29?,30?,31?,32+,33?,34?,35+,36+,37-,38-,39+,40-/m1/s1. The van der Waals surface area contributed by atoms with E-state index < -0.39 is 231 Å². The summed E-state index contributed by atoms with van der Waals surface area (Å²) in [5.74, 6) is 0. The van der Waals surface area contributed by atoms with Crippen LogP contribution in [0.25, 0.3) is 0 Å². The largest absolute Gasteiger partial charge is 0.469 e. The minimum atomic E-state index is -5.17. The highest BCUT2D eigenvalue weighted by Crippen LogP contribution is 2.39. The Hall–Kier alpha value is -1.05. The number of hydrogen-bond acceptors (Lipinski definition) is 31. The molecule has 6 fully saturated rings. The normalized spacial score (nSPS) is 49.8. The van der Waals surface area contributed by atoms with Gasteiger partial charge in [0.1, 0.15) is 140 Å². The average Bonchev–Trinajstić information content (AvgIpc) is 3.35. The number of aliphatic hydroxyl groups is 17.